The van der Waals surface area contributed by atoms with E-state index >= 15 is 0 Å². The highest BCUT2D eigenvalue weighted by Crippen LogP contribution is 2.13. The zero-order chi connectivity index (χ0) is 14.1. The summed E-state index contributed by atoms with van der Waals surface area (Å²) >= 11 is 0. The van der Waals surface area contributed by atoms with Crippen molar-refractivity contribution in [1.29, 1.82) is 0 Å². The molecule has 0 saturated carbocycles. The molecule has 1 rings (SSSR count). The highest BCUT2D eigenvalue weighted by atomic mass is 16.5. The van der Waals surface area contributed by atoms with Crippen LogP contribution in [0.1, 0.15) is 38.7 Å². The van der Waals surface area contributed by atoms with E-state index < -0.39 is 0 Å². The average Bonchev–Trinajstić information content (AvgIpc) is 2.35. The van der Waals surface area contributed by atoms with Crippen LogP contribution in [-0.4, -0.2) is 19.2 Å². The van der Waals surface area contributed by atoms with Crippen molar-refractivity contribution in [3.05, 3.63) is 42.0 Å². The maximum atomic E-state index is 5.81. The van der Waals surface area contributed by atoms with E-state index in [1.54, 1.807) is 0 Å². The van der Waals surface area contributed by atoms with E-state index in [0.29, 0.717) is 6.04 Å². The van der Waals surface area contributed by atoms with Gasteiger partial charge in [0, 0.05) is 6.04 Å². The number of ether oxygens (including phenoxy) is 1. The molecule has 0 bridgehead atoms. The Morgan fingerprint density at radius 1 is 1.42 bits per heavy atom. The molecule has 0 fully saturated rings. The van der Waals surface area contributed by atoms with Crippen LogP contribution in [0.4, 0.5) is 0 Å². The highest BCUT2D eigenvalue weighted by molar-refractivity contribution is 5.27. The first kappa shape index (κ1) is 15.8. The van der Waals surface area contributed by atoms with Crippen LogP contribution < -0.4 is 10.1 Å². The van der Waals surface area contributed by atoms with Gasteiger partial charge in [0.05, 0.1) is 6.61 Å². The number of aryl methyl sites for hydroxylation is 1. The van der Waals surface area contributed by atoms with Crippen molar-refractivity contribution < 1.29 is 4.74 Å². The van der Waals surface area contributed by atoms with Gasteiger partial charge in [0.15, 0.2) is 0 Å². The molecule has 0 aliphatic rings. The summed E-state index contributed by atoms with van der Waals surface area (Å²) in [7, 11) is 0. The fourth-order valence-electron chi connectivity index (χ4n) is 2.07. The molecule has 0 radical (unpaired) electrons. The van der Waals surface area contributed by atoms with Crippen molar-refractivity contribution in [2.24, 2.45) is 0 Å². The normalized spacial score (nSPS) is 12.2. The molecule has 19 heavy (non-hydrogen) atoms. The first-order chi connectivity index (χ1) is 9.11. The van der Waals surface area contributed by atoms with Gasteiger partial charge in [-0.2, -0.15) is 0 Å². The molecule has 0 aliphatic heterocycles. The van der Waals surface area contributed by atoms with Crippen LogP contribution in [-0.2, 0) is 0 Å². The third-order valence-electron chi connectivity index (χ3n) is 3.00. The fourth-order valence-corrected chi connectivity index (χ4v) is 2.07. The molecule has 106 valence electrons. The molecule has 2 heteroatoms. The van der Waals surface area contributed by atoms with Crippen LogP contribution in [0.5, 0.6) is 5.75 Å². The van der Waals surface area contributed by atoms with Gasteiger partial charge in [0.2, 0.25) is 0 Å². The fraction of sp³-hybridized carbons (Fsp3) is 0.529. The number of hydrogen-bond acceptors (Lipinski definition) is 2. The second kappa shape index (κ2) is 8.76. The van der Waals surface area contributed by atoms with Crippen molar-refractivity contribution in [3.8, 4) is 5.75 Å². The summed E-state index contributed by atoms with van der Waals surface area (Å²) in [6.45, 7) is 12.2. The van der Waals surface area contributed by atoms with Crippen LogP contribution in [0.25, 0.3) is 0 Å². The SMILES string of the molecule is C=C(C)CC(CCOc1cccc(C)c1)NCCC. The number of rotatable bonds is 9. The lowest BCUT2D eigenvalue weighted by Gasteiger charge is -2.19. The molecule has 0 heterocycles. The maximum Gasteiger partial charge on any atom is 0.119 e. The highest BCUT2D eigenvalue weighted by Gasteiger charge is 2.08. The third-order valence-corrected chi connectivity index (χ3v) is 3.00. The van der Waals surface area contributed by atoms with E-state index in [4.69, 9.17) is 4.74 Å². The van der Waals surface area contributed by atoms with Crippen molar-refractivity contribution in [2.45, 2.75) is 46.1 Å². The summed E-state index contributed by atoms with van der Waals surface area (Å²) < 4.78 is 5.81. The minimum Gasteiger partial charge on any atom is -0.494 e. The minimum absolute atomic E-state index is 0.474. The van der Waals surface area contributed by atoms with Crippen molar-refractivity contribution in [2.75, 3.05) is 13.2 Å². The standard InChI is InChI=1S/C17H27NO/c1-5-10-18-16(12-14(2)3)9-11-19-17-8-6-7-15(4)13-17/h6-8,13,16,18H,2,5,9-12H2,1,3-4H3. The number of nitrogens with one attached hydrogen (secondary N) is 1. The molecule has 0 aromatic heterocycles. The van der Waals surface area contributed by atoms with Gasteiger partial charge in [-0.25, -0.2) is 0 Å². The first-order valence-corrected chi connectivity index (χ1v) is 7.19. The molecule has 2 nitrogen and oxygen atoms in total. The maximum absolute atomic E-state index is 5.81. The Morgan fingerprint density at radius 3 is 2.84 bits per heavy atom. The van der Waals surface area contributed by atoms with Gasteiger partial charge in [-0.1, -0.05) is 24.6 Å². The molecule has 1 N–H and O–H groups in total. The van der Waals surface area contributed by atoms with Gasteiger partial charge < -0.3 is 10.1 Å². The van der Waals surface area contributed by atoms with Crippen LogP contribution in [0.3, 0.4) is 0 Å². The van der Waals surface area contributed by atoms with E-state index in [9.17, 15) is 0 Å². The molecule has 0 aliphatic carbocycles. The molecule has 0 spiro atoms. The van der Waals surface area contributed by atoms with Gasteiger partial charge in [0.25, 0.3) is 0 Å². The summed E-state index contributed by atoms with van der Waals surface area (Å²) in [6, 6.07) is 8.68. The third kappa shape index (κ3) is 7.02. The van der Waals surface area contributed by atoms with E-state index in [2.05, 4.69) is 44.8 Å². The van der Waals surface area contributed by atoms with Crippen LogP contribution in [0.15, 0.2) is 36.4 Å². The van der Waals surface area contributed by atoms with E-state index in [-0.39, 0.29) is 0 Å². The zero-order valence-electron chi connectivity index (χ0n) is 12.5. The quantitative estimate of drug-likeness (QED) is 0.676. The summed E-state index contributed by atoms with van der Waals surface area (Å²) in [5.74, 6) is 0.963. The second-order valence-corrected chi connectivity index (χ2v) is 5.27. The Balaban J connectivity index is 2.36. The van der Waals surface area contributed by atoms with Crippen LogP contribution in [0.2, 0.25) is 0 Å². The lowest BCUT2D eigenvalue weighted by molar-refractivity contribution is 0.284. The smallest absolute Gasteiger partial charge is 0.119 e. The minimum atomic E-state index is 0.474. The predicted octanol–water partition coefficient (Wildman–Crippen LogP) is 4.10. The molecule has 1 aromatic carbocycles. The second-order valence-electron chi connectivity index (χ2n) is 5.27. The molecule has 0 amide bonds. The van der Waals surface area contributed by atoms with E-state index in [0.717, 1.165) is 38.2 Å². The monoisotopic (exact) mass is 261 g/mol. The molecular weight excluding hydrogens is 234 g/mol. The topological polar surface area (TPSA) is 21.3 Å². The molecule has 1 aromatic rings. The first-order valence-electron chi connectivity index (χ1n) is 7.19. The molecule has 0 saturated heterocycles. The van der Waals surface area contributed by atoms with Crippen molar-refractivity contribution in [1.82, 2.24) is 5.32 Å². The van der Waals surface area contributed by atoms with Crippen LogP contribution >= 0.6 is 0 Å². The van der Waals surface area contributed by atoms with Gasteiger partial charge in [-0.3, -0.25) is 0 Å². The molecule has 1 unspecified atom stereocenters. The van der Waals surface area contributed by atoms with Crippen LogP contribution in [0, 0.1) is 6.92 Å². The summed E-state index contributed by atoms with van der Waals surface area (Å²) in [6.07, 6.45) is 3.20. The Hall–Kier alpha value is -1.28. The lowest BCUT2D eigenvalue weighted by Crippen LogP contribution is -2.31. The molecular formula is C17H27NO. The van der Waals surface area contributed by atoms with Crippen molar-refractivity contribution in [3.63, 3.8) is 0 Å². The predicted molar refractivity (Wildman–Crippen MR) is 82.8 cm³/mol. The van der Waals surface area contributed by atoms with Crippen molar-refractivity contribution >= 4 is 0 Å². The Kier molecular flexibility index (Phi) is 7.27. The molecule has 1 atom stereocenters. The lowest BCUT2D eigenvalue weighted by atomic mass is 10.1. The van der Waals surface area contributed by atoms with E-state index in [1.165, 1.54) is 11.1 Å². The van der Waals surface area contributed by atoms with Gasteiger partial charge in [0.1, 0.15) is 5.75 Å². The summed E-state index contributed by atoms with van der Waals surface area (Å²) in [4.78, 5) is 0. The average molecular weight is 261 g/mol. The Morgan fingerprint density at radius 2 is 2.21 bits per heavy atom. The zero-order valence-corrected chi connectivity index (χ0v) is 12.5. The van der Waals surface area contributed by atoms with E-state index in [1.807, 2.05) is 12.1 Å². The van der Waals surface area contributed by atoms with Gasteiger partial charge in [-0.15, -0.1) is 6.58 Å². The van der Waals surface area contributed by atoms with Gasteiger partial charge in [-0.05, 0) is 57.4 Å². The summed E-state index contributed by atoms with van der Waals surface area (Å²) in [5, 5.41) is 3.56. The number of hydrogen-bond donors (Lipinski definition) is 1. The summed E-state index contributed by atoms with van der Waals surface area (Å²) in [5.41, 5.74) is 2.46. The Bertz CT molecular complexity index is 387. The Labute approximate surface area is 117 Å². The van der Waals surface area contributed by atoms with Gasteiger partial charge >= 0.3 is 0 Å². The largest absolute Gasteiger partial charge is 0.494 e. The number of benzene rings is 1.